The van der Waals surface area contributed by atoms with Gasteiger partial charge >= 0.3 is 0 Å². The number of hydrogen-bond acceptors (Lipinski definition) is 7. The number of aromatic nitrogens is 3. The van der Waals surface area contributed by atoms with Crippen LogP contribution in [0.15, 0.2) is 24.7 Å². The lowest BCUT2D eigenvalue weighted by Crippen LogP contribution is -2.46. The highest BCUT2D eigenvalue weighted by Gasteiger charge is 2.22. The molecule has 9 heteroatoms. The van der Waals surface area contributed by atoms with E-state index in [9.17, 15) is 8.78 Å². The summed E-state index contributed by atoms with van der Waals surface area (Å²) in [5, 5.41) is 0. The molecule has 27 heavy (non-hydrogen) atoms. The SMILES string of the molecule is Fc1cncc(F)c1CN1CCN(c2ccnc(N3CCOCC3)n2)CC1. The van der Waals surface area contributed by atoms with Gasteiger partial charge in [-0.15, -0.1) is 0 Å². The van der Waals surface area contributed by atoms with E-state index in [1.807, 2.05) is 11.0 Å². The van der Waals surface area contributed by atoms with Crippen LogP contribution in [-0.4, -0.2) is 72.3 Å². The highest BCUT2D eigenvalue weighted by atomic mass is 19.1. The summed E-state index contributed by atoms with van der Waals surface area (Å²) < 4.78 is 33.0. The molecule has 0 amide bonds. The smallest absolute Gasteiger partial charge is 0.227 e. The van der Waals surface area contributed by atoms with Gasteiger partial charge < -0.3 is 14.5 Å². The molecule has 0 radical (unpaired) electrons. The summed E-state index contributed by atoms with van der Waals surface area (Å²) in [6.45, 7) is 6.11. The van der Waals surface area contributed by atoms with Gasteiger partial charge in [-0.05, 0) is 6.07 Å². The first-order valence-corrected chi connectivity index (χ1v) is 9.11. The molecule has 0 spiro atoms. The van der Waals surface area contributed by atoms with Crippen molar-refractivity contribution in [2.45, 2.75) is 6.54 Å². The molecule has 2 saturated heterocycles. The zero-order chi connectivity index (χ0) is 18.6. The predicted molar refractivity (Wildman–Crippen MR) is 96.7 cm³/mol. The van der Waals surface area contributed by atoms with Crippen molar-refractivity contribution in [2.75, 3.05) is 62.3 Å². The molecule has 0 aromatic carbocycles. The largest absolute Gasteiger partial charge is 0.378 e. The van der Waals surface area contributed by atoms with Gasteiger partial charge in [0.15, 0.2) is 0 Å². The number of ether oxygens (including phenoxy) is 1. The van der Waals surface area contributed by atoms with Crippen LogP contribution >= 0.6 is 0 Å². The number of nitrogens with zero attached hydrogens (tertiary/aromatic N) is 6. The van der Waals surface area contributed by atoms with Gasteiger partial charge in [-0.25, -0.2) is 13.8 Å². The quantitative estimate of drug-likeness (QED) is 0.797. The van der Waals surface area contributed by atoms with Crippen molar-refractivity contribution in [1.82, 2.24) is 19.9 Å². The monoisotopic (exact) mass is 376 g/mol. The second-order valence-electron chi connectivity index (χ2n) is 6.66. The lowest BCUT2D eigenvalue weighted by molar-refractivity contribution is 0.122. The second kappa shape index (κ2) is 8.10. The van der Waals surface area contributed by atoms with Gasteiger partial charge in [0.05, 0.1) is 25.6 Å². The van der Waals surface area contributed by atoms with Crippen LogP contribution in [0.4, 0.5) is 20.5 Å². The van der Waals surface area contributed by atoms with Crippen LogP contribution in [0.25, 0.3) is 0 Å². The number of pyridine rings is 1. The fraction of sp³-hybridized carbons (Fsp3) is 0.500. The molecule has 0 saturated carbocycles. The Morgan fingerprint density at radius 2 is 1.63 bits per heavy atom. The van der Waals surface area contributed by atoms with Crippen molar-refractivity contribution in [3.63, 3.8) is 0 Å². The summed E-state index contributed by atoms with van der Waals surface area (Å²) >= 11 is 0. The van der Waals surface area contributed by atoms with Gasteiger partial charge in [0, 0.05) is 57.6 Å². The summed E-state index contributed by atoms with van der Waals surface area (Å²) in [7, 11) is 0. The Balaban J connectivity index is 1.38. The minimum Gasteiger partial charge on any atom is -0.378 e. The number of anilines is 2. The number of morpholine rings is 1. The van der Waals surface area contributed by atoms with Crippen LogP contribution in [-0.2, 0) is 11.3 Å². The highest BCUT2D eigenvalue weighted by molar-refractivity contribution is 5.44. The van der Waals surface area contributed by atoms with Gasteiger partial charge in [-0.2, -0.15) is 4.98 Å². The van der Waals surface area contributed by atoms with Crippen LogP contribution in [0.1, 0.15) is 5.56 Å². The first-order valence-electron chi connectivity index (χ1n) is 9.11. The third-order valence-electron chi connectivity index (χ3n) is 4.95. The molecule has 2 aliphatic rings. The molecule has 4 heterocycles. The summed E-state index contributed by atoms with van der Waals surface area (Å²) in [5.41, 5.74) is 0.0788. The van der Waals surface area contributed by atoms with E-state index in [1.54, 1.807) is 6.20 Å². The highest BCUT2D eigenvalue weighted by Crippen LogP contribution is 2.19. The lowest BCUT2D eigenvalue weighted by Gasteiger charge is -2.36. The van der Waals surface area contributed by atoms with E-state index in [-0.39, 0.29) is 12.1 Å². The number of piperazine rings is 1. The Labute approximate surface area is 156 Å². The van der Waals surface area contributed by atoms with E-state index in [0.717, 1.165) is 50.3 Å². The number of halogens is 2. The Morgan fingerprint density at radius 1 is 0.926 bits per heavy atom. The maximum Gasteiger partial charge on any atom is 0.227 e. The molecule has 0 aliphatic carbocycles. The molecule has 144 valence electrons. The molecule has 0 atom stereocenters. The van der Waals surface area contributed by atoms with Crippen LogP contribution in [0.5, 0.6) is 0 Å². The van der Waals surface area contributed by atoms with E-state index in [1.165, 1.54) is 0 Å². The Kier molecular flexibility index (Phi) is 5.40. The van der Waals surface area contributed by atoms with Crippen molar-refractivity contribution in [2.24, 2.45) is 0 Å². The summed E-state index contributed by atoms with van der Waals surface area (Å²) in [6, 6.07) is 1.90. The standard InChI is InChI=1S/C18H22F2N6O/c19-15-11-21-12-16(20)14(15)13-24-3-5-25(6-4-24)17-1-2-22-18(23-17)26-7-9-27-10-8-26/h1-2,11-12H,3-10,13H2. The zero-order valence-electron chi connectivity index (χ0n) is 15.0. The predicted octanol–water partition coefficient (Wildman–Crippen LogP) is 1.31. The van der Waals surface area contributed by atoms with Crippen molar-refractivity contribution in [3.05, 3.63) is 41.9 Å². The molecule has 0 unspecified atom stereocenters. The fourth-order valence-electron chi connectivity index (χ4n) is 3.38. The third kappa shape index (κ3) is 4.14. The molecular weight excluding hydrogens is 354 g/mol. The summed E-state index contributed by atoms with van der Waals surface area (Å²) in [5.74, 6) is 0.415. The van der Waals surface area contributed by atoms with Crippen molar-refractivity contribution in [1.29, 1.82) is 0 Å². The Hall–Kier alpha value is -2.39. The number of hydrogen-bond donors (Lipinski definition) is 0. The van der Waals surface area contributed by atoms with E-state index >= 15 is 0 Å². The van der Waals surface area contributed by atoms with E-state index in [0.29, 0.717) is 26.3 Å². The van der Waals surface area contributed by atoms with Crippen molar-refractivity contribution >= 4 is 11.8 Å². The normalized spacial score (nSPS) is 18.7. The zero-order valence-corrected chi connectivity index (χ0v) is 15.0. The Bertz CT molecular complexity index is 758. The molecule has 2 fully saturated rings. The maximum absolute atomic E-state index is 13.8. The molecule has 0 bridgehead atoms. The van der Waals surface area contributed by atoms with Gasteiger partial charge in [-0.3, -0.25) is 9.88 Å². The van der Waals surface area contributed by atoms with E-state index in [2.05, 4.69) is 19.8 Å². The molecule has 7 nitrogen and oxygen atoms in total. The molecular formula is C18H22F2N6O. The first kappa shape index (κ1) is 18.0. The van der Waals surface area contributed by atoms with Crippen molar-refractivity contribution in [3.8, 4) is 0 Å². The van der Waals surface area contributed by atoms with Crippen LogP contribution < -0.4 is 9.80 Å². The van der Waals surface area contributed by atoms with Crippen LogP contribution in [0, 0.1) is 11.6 Å². The van der Waals surface area contributed by atoms with Gasteiger partial charge in [-0.1, -0.05) is 0 Å². The second-order valence-corrected chi connectivity index (χ2v) is 6.66. The summed E-state index contributed by atoms with van der Waals surface area (Å²) in [6.07, 6.45) is 3.90. The third-order valence-corrected chi connectivity index (χ3v) is 4.95. The maximum atomic E-state index is 13.8. The van der Waals surface area contributed by atoms with Gasteiger partial charge in [0.2, 0.25) is 5.95 Å². The van der Waals surface area contributed by atoms with E-state index < -0.39 is 11.6 Å². The molecule has 2 aliphatic heterocycles. The molecule has 4 rings (SSSR count). The minimum atomic E-state index is -0.594. The minimum absolute atomic E-state index is 0.0788. The number of rotatable bonds is 4. The molecule has 2 aromatic rings. The van der Waals surface area contributed by atoms with Crippen LogP contribution in [0.3, 0.4) is 0 Å². The topological polar surface area (TPSA) is 57.6 Å². The van der Waals surface area contributed by atoms with Gasteiger partial charge in [0.1, 0.15) is 17.5 Å². The lowest BCUT2D eigenvalue weighted by atomic mass is 10.2. The van der Waals surface area contributed by atoms with Crippen molar-refractivity contribution < 1.29 is 13.5 Å². The van der Waals surface area contributed by atoms with Crippen LogP contribution in [0.2, 0.25) is 0 Å². The average Bonchev–Trinajstić information content (AvgIpc) is 2.72. The Morgan fingerprint density at radius 3 is 2.33 bits per heavy atom. The molecule has 0 N–H and O–H groups in total. The average molecular weight is 376 g/mol. The van der Waals surface area contributed by atoms with E-state index in [4.69, 9.17) is 9.72 Å². The van der Waals surface area contributed by atoms with Gasteiger partial charge in [0.25, 0.3) is 0 Å². The molecule has 2 aromatic heterocycles. The summed E-state index contributed by atoms with van der Waals surface area (Å²) in [4.78, 5) is 19.0. The first-order chi connectivity index (χ1) is 13.2. The fourth-order valence-corrected chi connectivity index (χ4v) is 3.38.